The van der Waals surface area contributed by atoms with E-state index in [1.807, 2.05) is 20.8 Å². The van der Waals surface area contributed by atoms with Gasteiger partial charge in [-0.2, -0.15) is 0 Å². The summed E-state index contributed by atoms with van der Waals surface area (Å²) in [6, 6.07) is 5.12. The summed E-state index contributed by atoms with van der Waals surface area (Å²) in [4.78, 5) is 10.7. The molecule has 92 valence electrons. The van der Waals surface area contributed by atoms with Crippen molar-refractivity contribution in [3.05, 3.63) is 46.5 Å². The number of nitro groups is 1. The van der Waals surface area contributed by atoms with Crippen molar-refractivity contribution < 1.29 is 9.66 Å². The highest BCUT2D eigenvalue weighted by Crippen LogP contribution is 2.36. The Bertz CT molecular complexity index is 427. The zero-order valence-corrected chi connectivity index (χ0v) is 10.3. The van der Waals surface area contributed by atoms with E-state index in [1.54, 1.807) is 24.3 Å². The van der Waals surface area contributed by atoms with Crippen molar-refractivity contribution in [1.82, 2.24) is 0 Å². The van der Waals surface area contributed by atoms with Crippen LogP contribution in [0.4, 0.5) is 5.69 Å². The maximum atomic E-state index is 11.1. The molecule has 0 radical (unpaired) electrons. The van der Waals surface area contributed by atoms with Gasteiger partial charge in [0, 0.05) is 11.5 Å². The van der Waals surface area contributed by atoms with Crippen molar-refractivity contribution in [3.8, 4) is 5.75 Å². The zero-order chi connectivity index (χ0) is 13.0. The molecule has 17 heavy (non-hydrogen) atoms. The topological polar surface area (TPSA) is 52.4 Å². The minimum absolute atomic E-state index is 0.0357. The second kappa shape index (κ2) is 5.48. The fourth-order valence-electron chi connectivity index (χ4n) is 1.58. The van der Waals surface area contributed by atoms with E-state index in [1.165, 1.54) is 0 Å². The number of nitro benzene ring substituents is 1. The maximum Gasteiger partial charge on any atom is 0.314 e. The summed E-state index contributed by atoms with van der Waals surface area (Å²) >= 11 is 0. The standard InChI is InChI=1S/C13H17NO3/c1-5-10(4)11-7-6-8-12(17-9(2)3)13(11)14(15)16/h5-10H,1H2,2-4H3. The van der Waals surface area contributed by atoms with Crippen LogP contribution in [0.3, 0.4) is 0 Å². The molecule has 1 atom stereocenters. The van der Waals surface area contributed by atoms with Gasteiger partial charge in [-0.15, -0.1) is 6.58 Å². The van der Waals surface area contributed by atoms with E-state index in [2.05, 4.69) is 6.58 Å². The average molecular weight is 235 g/mol. The van der Waals surface area contributed by atoms with Crippen LogP contribution in [-0.4, -0.2) is 11.0 Å². The van der Waals surface area contributed by atoms with E-state index < -0.39 is 4.92 Å². The Kier molecular flexibility index (Phi) is 4.26. The minimum atomic E-state index is -0.396. The Hall–Kier alpha value is -1.84. The summed E-state index contributed by atoms with van der Waals surface area (Å²) in [7, 11) is 0. The molecule has 0 aliphatic heterocycles. The lowest BCUT2D eigenvalue weighted by atomic mass is 9.99. The molecule has 0 N–H and O–H groups in total. The molecule has 0 heterocycles. The van der Waals surface area contributed by atoms with Gasteiger partial charge in [0.25, 0.3) is 0 Å². The third-order valence-corrected chi connectivity index (χ3v) is 2.42. The fraction of sp³-hybridized carbons (Fsp3) is 0.385. The number of nitrogens with zero attached hydrogens (tertiary/aromatic N) is 1. The first kappa shape index (κ1) is 13.2. The van der Waals surface area contributed by atoms with Gasteiger partial charge in [0.2, 0.25) is 0 Å². The van der Waals surface area contributed by atoms with E-state index in [4.69, 9.17) is 4.74 Å². The number of para-hydroxylation sites is 1. The number of benzene rings is 1. The number of allylic oxidation sites excluding steroid dienone is 1. The first-order valence-electron chi connectivity index (χ1n) is 5.53. The Balaban J connectivity index is 3.31. The van der Waals surface area contributed by atoms with E-state index >= 15 is 0 Å². The highest BCUT2D eigenvalue weighted by atomic mass is 16.6. The second-order valence-electron chi connectivity index (χ2n) is 4.14. The third-order valence-electron chi connectivity index (χ3n) is 2.42. The Morgan fingerprint density at radius 1 is 1.41 bits per heavy atom. The zero-order valence-electron chi connectivity index (χ0n) is 10.3. The van der Waals surface area contributed by atoms with Gasteiger partial charge < -0.3 is 4.74 Å². The molecule has 4 nitrogen and oxygen atoms in total. The normalized spacial score (nSPS) is 12.2. The number of hydrogen-bond donors (Lipinski definition) is 0. The first-order valence-corrected chi connectivity index (χ1v) is 5.53. The molecule has 1 unspecified atom stereocenters. The Morgan fingerprint density at radius 3 is 2.53 bits per heavy atom. The van der Waals surface area contributed by atoms with Crippen LogP contribution >= 0.6 is 0 Å². The molecule has 0 aromatic heterocycles. The summed E-state index contributed by atoms with van der Waals surface area (Å²) in [5.74, 6) is 0.238. The second-order valence-corrected chi connectivity index (χ2v) is 4.14. The quantitative estimate of drug-likeness (QED) is 0.444. The molecule has 0 saturated heterocycles. The molecular formula is C13H17NO3. The minimum Gasteiger partial charge on any atom is -0.484 e. The van der Waals surface area contributed by atoms with Crippen LogP contribution in [-0.2, 0) is 0 Å². The summed E-state index contributed by atoms with van der Waals surface area (Å²) < 4.78 is 5.47. The van der Waals surface area contributed by atoms with Gasteiger partial charge in [-0.05, 0) is 19.9 Å². The Morgan fingerprint density at radius 2 is 2.06 bits per heavy atom. The fourth-order valence-corrected chi connectivity index (χ4v) is 1.58. The first-order chi connectivity index (χ1) is 7.97. The van der Waals surface area contributed by atoms with E-state index in [-0.39, 0.29) is 17.7 Å². The summed E-state index contributed by atoms with van der Waals surface area (Å²) in [5.41, 5.74) is 0.664. The molecule has 0 amide bonds. The molecule has 0 aliphatic rings. The van der Waals surface area contributed by atoms with Crippen molar-refractivity contribution >= 4 is 5.69 Å². The summed E-state index contributed by atoms with van der Waals surface area (Å²) in [6.07, 6.45) is 1.59. The summed E-state index contributed by atoms with van der Waals surface area (Å²) in [6.45, 7) is 9.22. The van der Waals surface area contributed by atoms with Crippen LogP contribution in [0, 0.1) is 10.1 Å². The van der Waals surface area contributed by atoms with Gasteiger partial charge in [0.1, 0.15) is 0 Å². The highest BCUT2D eigenvalue weighted by molar-refractivity contribution is 5.55. The van der Waals surface area contributed by atoms with Gasteiger partial charge in [0.15, 0.2) is 5.75 Å². The molecule has 0 bridgehead atoms. The summed E-state index contributed by atoms with van der Waals surface area (Å²) in [5, 5.41) is 11.1. The Labute approximate surface area is 101 Å². The van der Waals surface area contributed by atoms with Crippen molar-refractivity contribution in [1.29, 1.82) is 0 Å². The third kappa shape index (κ3) is 3.06. The van der Waals surface area contributed by atoms with Crippen LogP contribution in [0.2, 0.25) is 0 Å². The van der Waals surface area contributed by atoms with Gasteiger partial charge in [-0.25, -0.2) is 0 Å². The van der Waals surface area contributed by atoms with Crippen LogP contribution in [0.5, 0.6) is 5.75 Å². The van der Waals surface area contributed by atoms with Gasteiger partial charge in [0.05, 0.1) is 11.0 Å². The average Bonchev–Trinajstić information content (AvgIpc) is 2.26. The molecule has 1 aromatic carbocycles. The van der Waals surface area contributed by atoms with Gasteiger partial charge >= 0.3 is 5.69 Å². The molecule has 0 aliphatic carbocycles. The number of rotatable bonds is 5. The van der Waals surface area contributed by atoms with Crippen molar-refractivity contribution in [2.45, 2.75) is 32.8 Å². The van der Waals surface area contributed by atoms with E-state index in [9.17, 15) is 10.1 Å². The predicted octanol–water partition coefficient (Wildman–Crippen LogP) is 3.67. The van der Waals surface area contributed by atoms with Crippen LogP contribution < -0.4 is 4.74 Å². The molecular weight excluding hydrogens is 218 g/mol. The predicted molar refractivity (Wildman–Crippen MR) is 67.5 cm³/mol. The largest absolute Gasteiger partial charge is 0.484 e. The van der Waals surface area contributed by atoms with Crippen molar-refractivity contribution in [2.75, 3.05) is 0 Å². The monoisotopic (exact) mass is 235 g/mol. The van der Waals surface area contributed by atoms with E-state index in [0.717, 1.165) is 0 Å². The number of ether oxygens (including phenoxy) is 1. The molecule has 0 saturated carbocycles. The lowest BCUT2D eigenvalue weighted by molar-refractivity contribution is -0.386. The maximum absolute atomic E-state index is 11.1. The lowest BCUT2D eigenvalue weighted by Crippen LogP contribution is -2.09. The van der Waals surface area contributed by atoms with Gasteiger partial charge in [-0.3, -0.25) is 10.1 Å². The molecule has 0 fully saturated rings. The van der Waals surface area contributed by atoms with Gasteiger partial charge in [-0.1, -0.05) is 25.1 Å². The van der Waals surface area contributed by atoms with Crippen molar-refractivity contribution in [2.24, 2.45) is 0 Å². The van der Waals surface area contributed by atoms with E-state index in [0.29, 0.717) is 11.3 Å². The molecule has 1 aromatic rings. The molecule has 1 rings (SSSR count). The SMILES string of the molecule is C=CC(C)c1cccc(OC(C)C)c1[N+](=O)[O-]. The van der Waals surface area contributed by atoms with Crippen LogP contribution in [0.15, 0.2) is 30.9 Å². The lowest BCUT2D eigenvalue weighted by Gasteiger charge is -2.13. The van der Waals surface area contributed by atoms with Crippen LogP contribution in [0.1, 0.15) is 32.3 Å². The molecule has 0 spiro atoms. The molecule has 4 heteroatoms. The van der Waals surface area contributed by atoms with Crippen molar-refractivity contribution in [3.63, 3.8) is 0 Å². The number of hydrogen-bond acceptors (Lipinski definition) is 3. The van der Waals surface area contributed by atoms with Crippen LogP contribution in [0.25, 0.3) is 0 Å². The smallest absolute Gasteiger partial charge is 0.314 e. The highest BCUT2D eigenvalue weighted by Gasteiger charge is 2.23.